The number of hydrogen-bond donors (Lipinski definition) is 1. The number of ether oxygens (including phenoxy) is 1. The number of methoxy groups -OCH3 is 1. The third-order valence-electron chi connectivity index (χ3n) is 1.56. The molecule has 1 heterocycles. The summed E-state index contributed by atoms with van der Waals surface area (Å²) in [6, 6.07) is 3.92. The van der Waals surface area contributed by atoms with Gasteiger partial charge in [0.25, 0.3) is 0 Å². The van der Waals surface area contributed by atoms with Crippen LogP contribution in [0.3, 0.4) is 0 Å². The number of pyridine rings is 1. The lowest BCUT2D eigenvalue weighted by molar-refractivity contribution is 0.190. The van der Waals surface area contributed by atoms with Gasteiger partial charge in [0.05, 0.1) is 18.5 Å². The first-order chi connectivity index (χ1) is 6.22. The van der Waals surface area contributed by atoms with Crippen molar-refractivity contribution >= 4 is 17.3 Å². The van der Waals surface area contributed by atoms with Gasteiger partial charge in [-0.25, -0.2) is 4.98 Å². The highest BCUT2D eigenvalue weighted by atomic mass is 35.5. The minimum absolute atomic E-state index is 0.271. The van der Waals surface area contributed by atoms with Crippen LogP contribution in [0, 0.1) is 0 Å². The van der Waals surface area contributed by atoms with Gasteiger partial charge in [-0.3, -0.25) is 0 Å². The predicted octanol–water partition coefficient (Wildman–Crippen LogP) is 2.18. The molecule has 0 bridgehead atoms. The highest BCUT2D eigenvalue weighted by Gasteiger charge is 2.00. The van der Waals surface area contributed by atoms with E-state index in [4.69, 9.17) is 16.3 Å². The van der Waals surface area contributed by atoms with Crippen LogP contribution in [0.25, 0.3) is 0 Å². The van der Waals surface area contributed by atoms with Gasteiger partial charge in [0.1, 0.15) is 5.15 Å². The fourth-order valence-electron chi connectivity index (χ4n) is 1.04. The van der Waals surface area contributed by atoms with Crippen LogP contribution in [0.1, 0.15) is 6.92 Å². The van der Waals surface area contributed by atoms with Crippen LogP contribution < -0.4 is 5.32 Å². The van der Waals surface area contributed by atoms with Crippen LogP contribution in [-0.4, -0.2) is 24.7 Å². The molecule has 13 heavy (non-hydrogen) atoms. The first-order valence-corrected chi connectivity index (χ1v) is 4.47. The van der Waals surface area contributed by atoms with E-state index in [2.05, 4.69) is 10.3 Å². The zero-order chi connectivity index (χ0) is 9.68. The van der Waals surface area contributed by atoms with E-state index >= 15 is 0 Å². The molecule has 4 heteroatoms. The second-order valence-electron chi connectivity index (χ2n) is 2.87. The van der Waals surface area contributed by atoms with Crippen molar-refractivity contribution < 1.29 is 4.74 Å². The maximum atomic E-state index is 5.65. The second kappa shape index (κ2) is 5.04. The van der Waals surface area contributed by atoms with E-state index in [1.807, 2.05) is 13.0 Å². The molecule has 0 fully saturated rings. The van der Waals surface area contributed by atoms with Gasteiger partial charge in [-0.2, -0.15) is 0 Å². The summed E-state index contributed by atoms with van der Waals surface area (Å²) < 4.78 is 4.99. The Morgan fingerprint density at radius 2 is 2.38 bits per heavy atom. The third-order valence-corrected chi connectivity index (χ3v) is 1.78. The Balaban J connectivity index is 2.49. The van der Waals surface area contributed by atoms with E-state index < -0.39 is 0 Å². The van der Waals surface area contributed by atoms with E-state index in [9.17, 15) is 0 Å². The molecule has 0 aromatic carbocycles. The molecule has 72 valence electrons. The molecule has 0 aliphatic rings. The van der Waals surface area contributed by atoms with Crippen LogP contribution in [0.2, 0.25) is 5.15 Å². The quantitative estimate of drug-likeness (QED) is 0.757. The number of nitrogens with zero attached hydrogens (tertiary/aromatic N) is 1. The number of hydrogen-bond acceptors (Lipinski definition) is 3. The topological polar surface area (TPSA) is 34.1 Å². The number of nitrogens with one attached hydrogen (secondary N) is 1. The van der Waals surface area contributed by atoms with Crippen molar-refractivity contribution in [2.45, 2.75) is 13.0 Å². The summed E-state index contributed by atoms with van der Waals surface area (Å²) in [6.07, 6.45) is 1.70. The summed E-state index contributed by atoms with van der Waals surface area (Å²) in [6.45, 7) is 2.71. The predicted molar refractivity (Wildman–Crippen MR) is 54.2 cm³/mol. The number of halogens is 1. The molecule has 3 nitrogen and oxygen atoms in total. The molecule has 0 unspecified atom stereocenters. The van der Waals surface area contributed by atoms with Crippen molar-refractivity contribution in [1.29, 1.82) is 0 Å². The summed E-state index contributed by atoms with van der Waals surface area (Å²) in [7, 11) is 1.68. The summed E-state index contributed by atoms with van der Waals surface area (Å²) in [5.74, 6) is 0. The molecule has 1 N–H and O–H groups in total. The Labute approximate surface area is 83.1 Å². The van der Waals surface area contributed by atoms with Crippen molar-refractivity contribution in [2.24, 2.45) is 0 Å². The van der Waals surface area contributed by atoms with Gasteiger partial charge in [0, 0.05) is 13.2 Å². The monoisotopic (exact) mass is 200 g/mol. The fourth-order valence-corrected chi connectivity index (χ4v) is 1.15. The Morgan fingerprint density at radius 3 is 2.92 bits per heavy atom. The van der Waals surface area contributed by atoms with Crippen molar-refractivity contribution in [2.75, 3.05) is 19.0 Å². The second-order valence-corrected chi connectivity index (χ2v) is 3.26. The Bertz CT molecular complexity index is 250. The normalized spacial score (nSPS) is 12.5. The van der Waals surface area contributed by atoms with Gasteiger partial charge in [0.15, 0.2) is 0 Å². The van der Waals surface area contributed by atoms with Gasteiger partial charge in [-0.15, -0.1) is 0 Å². The average Bonchev–Trinajstić information content (AvgIpc) is 2.09. The average molecular weight is 201 g/mol. The Hall–Kier alpha value is -0.800. The molecule has 0 aliphatic carbocycles. The molecule has 0 spiro atoms. The standard InChI is InChI=1S/C9H13ClN2O/c1-7(6-13-2)12-8-3-4-9(10)11-5-8/h3-5,7,12H,6H2,1-2H3/t7-/m1/s1. The first-order valence-electron chi connectivity index (χ1n) is 4.09. The molecule has 0 aliphatic heterocycles. The van der Waals surface area contributed by atoms with Gasteiger partial charge >= 0.3 is 0 Å². The SMILES string of the molecule is COC[C@@H](C)Nc1ccc(Cl)nc1. The van der Waals surface area contributed by atoms with E-state index in [-0.39, 0.29) is 6.04 Å². The summed E-state index contributed by atoms with van der Waals surface area (Å²) in [5.41, 5.74) is 0.953. The van der Waals surface area contributed by atoms with Gasteiger partial charge in [-0.1, -0.05) is 11.6 Å². The molecule has 0 amide bonds. The number of aromatic nitrogens is 1. The van der Waals surface area contributed by atoms with E-state index in [1.54, 1.807) is 19.4 Å². The molecule has 0 saturated carbocycles. The minimum Gasteiger partial charge on any atom is -0.383 e. The molecular formula is C9H13ClN2O. The maximum absolute atomic E-state index is 5.65. The van der Waals surface area contributed by atoms with Crippen LogP contribution in [0.15, 0.2) is 18.3 Å². The number of anilines is 1. The Kier molecular flexibility index (Phi) is 3.99. The molecule has 1 rings (SSSR count). The summed E-state index contributed by atoms with van der Waals surface area (Å²) in [5, 5.41) is 3.73. The largest absolute Gasteiger partial charge is 0.383 e. The maximum Gasteiger partial charge on any atom is 0.129 e. The molecule has 1 aromatic heterocycles. The molecule has 1 aromatic rings. The van der Waals surface area contributed by atoms with Gasteiger partial charge < -0.3 is 10.1 Å². The highest BCUT2D eigenvalue weighted by molar-refractivity contribution is 6.29. The van der Waals surface area contributed by atoms with Crippen molar-refractivity contribution in [3.8, 4) is 0 Å². The number of rotatable bonds is 4. The van der Waals surface area contributed by atoms with Crippen LogP contribution in [-0.2, 0) is 4.74 Å². The fraction of sp³-hybridized carbons (Fsp3) is 0.444. The first kappa shape index (κ1) is 10.3. The van der Waals surface area contributed by atoms with E-state index in [1.165, 1.54) is 0 Å². The molecule has 0 saturated heterocycles. The van der Waals surface area contributed by atoms with Crippen LogP contribution in [0.4, 0.5) is 5.69 Å². The van der Waals surface area contributed by atoms with Gasteiger partial charge in [-0.05, 0) is 19.1 Å². The minimum atomic E-state index is 0.271. The zero-order valence-electron chi connectivity index (χ0n) is 7.75. The highest BCUT2D eigenvalue weighted by Crippen LogP contribution is 2.10. The van der Waals surface area contributed by atoms with Crippen molar-refractivity contribution in [3.63, 3.8) is 0 Å². The Morgan fingerprint density at radius 1 is 1.62 bits per heavy atom. The van der Waals surface area contributed by atoms with Crippen molar-refractivity contribution in [1.82, 2.24) is 4.98 Å². The van der Waals surface area contributed by atoms with Crippen molar-refractivity contribution in [3.05, 3.63) is 23.5 Å². The summed E-state index contributed by atoms with van der Waals surface area (Å²) in [4.78, 5) is 3.95. The van der Waals surface area contributed by atoms with E-state index in [0.717, 1.165) is 5.69 Å². The molecule has 0 radical (unpaired) electrons. The lowest BCUT2D eigenvalue weighted by Crippen LogP contribution is -2.20. The smallest absolute Gasteiger partial charge is 0.129 e. The molecule has 1 atom stereocenters. The third kappa shape index (κ3) is 3.61. The van der Waals surface area contributed by atoms with E-state index in [0.29, 0.717) is 11.8 Å². The molecular weight excluding hydrogens is 188 g/mol. The lowest BCUT2D eigenvalue weighted by Gasteiger charge is -2.13. The zero-order valence-corrected chi connectivity index (χ0v) is 8.51. The lowest BCUT2D eigenvalue weighted by atomic mass is 10.3. The van der Waals surface area contributed by atoms with Crippen LogP contribution in [0.5, 0.6) is 0 Å². The summed E-state index contributed by atoms with van der Waals surface area (Å²) >= 11 is 5.65. The van der Waals surface area contributed by atoms with Crippen LogP contribution >= 0.6 is 11.6 Å². The van der Waals surface area contributed by atoms with Gasteiger partial charge in [0.2, 0.25) is 0 Å².